The monoisotopic (exact) mass is 343 g/mol. The van der Waals surface area contributed by atoms with E-state index in [0.29, 0.717) is 16.6 Å². The molecule has 6 heteroatoms. The van der Waals surface area contributed by atoms with Gasteiger partial charge in [-0.3, -0.25) is 14.8 Å². The number of nitrogens with zero attached hydrogens (tertiary/aromatic N) is 2. The summed E-state index contributed by atoms with van der Waals surface area (Å²) in [5.74, 6) is 0. The van der Waals surface area contributed by atoms with Crippen LogP contribution in [0.5, 0.6) is 0 Å². The molecule has 1 heterocycles. The molecule has 0 bridgehead atoms. The van der Waals surface area contributed by atoms with Gasteiger partial charge in [-0.1, -0.05) is 71.5 Å². The SMILES string of the molecule is O=c1sc(/C=N\Nc2ccccc2)c(Cl)n1Cc1ccccc1. The van der Waals surface area contributed by atoms with Crippen molar-refractivity contribution in [1.82, 2.24) is 4.57 Å². The van der Waals surface area contributed by atoms with Crippen molar-refractivity contribution in [1.29, 1.82) is 0 Å². The lowest BCUT2D eigenvalue weighted by atomic mass is 10.2. The van der Waals surface area contributed by atoms with Crippen molar-refractivity contribution in [3.05, 3.63) is 85.9 Å². The van der Waals surface area contributed by atoms with Gasteiger partial charge in [0.25, 0.3) is 0 Å². The van der Waals surface area contributed by atoms with Gasteiger partial charge < -0.3 is 0 Å². The summed E-state index contributed by atoms with van der Waals surface area (Å²) in [5, 5.41) is 4.54. The molecule has 23 heavy (non-hydrogen) atoms. The van der Waals surface area contributed by atoms with E-state index in [1.165, 1.54) is 0 Å². The van der Waals surface area contributed by atoms with E-state index in [4.69, 9.17) is 11.6 Å². The number of para-hydroxylation sites is 1. The molecule has 0 unspecified atom stereocenters. The molecule has 4 nitrogen and oxygen atoms in total. The van der Waals surface area contributed by atoms with E-state index in [-0.39, 0.29) is 4.87 Å². The Hall–Kier alpha value is -2.37. The van der Waals surface area contributed by atoms with Crippen LogP contribution in [0.2, 0.25) is 5.15 Å². The maximum atomic E-state index is 12.1. The Balaban J connectivity index is 1.77. The van der Waals surface area contributed by atoms with Gasteiger partial charge in [0.05, 0.1) is 23.3 Å². The molecule has 0 atom stereocenters. The summed E-state index contributed by atoms with van der Waals surface area (Å²) in [7, 11) is 0. The molecule has 3 rings (SSSR count). The molecule has 0 saturated heterocycles. The normalized spacial score (nSPS) is 11.0. The zero-order chi connectivity index (χ0) is 16.1. The molecule has 116 valence electrons. The van der Waals surface area contributed by atoms with E-state index in [2.05, 4.69) is 10.5 Å². The Labute approximate surface area is 142 Å². The number of hydrogen-bond donors (Lipinski definition) is 1. The van der Waals surface area contributed by atoms with Gasteiger partial charge in [0.1, 0.15) is 5.15 Å². The quantitative estimate of drug-likeness (QED) is 0.561. The van der Waals surface area contributed by atoms with E-state index in [9.17, 15) is 4.79 Å². The zero-order valence-corrected chi connectivity index (χ0v) is 13.7. The summed E-state index contributed by atoms with van der Waals surface area (Å²) in [6.07, 6.45) is 1.57. The molecule has 1 aromatic heterocycles. The summed E-state index contributed by atoms with van der Waals surface area (Å²) in [6.45, 7) is 0.453. The molecule has 0 fully saturated rings. The van der Waals surface area contributed by atoms with Gasteiger partial charge in [-0.25, -0.2) is 0 Å². The first-order valence-corrected chi connectivity index (χ1v) is 8.20. The second kappa shape index (κ2) is 7.26. The fourth-order valence-corrected chi connectivity index (χ4v) is 3.17. The van der Waals surface area contributed by atoms with Crippen LogP contribution in [0.4, 0.5) is 5.69 Å². The van der Waals surface area contributed by atoms with Gasteiger partial charge in [-0.05, 0) is 17.7 Å². The van der Waals surface area contributed by atoms with Crippen molar-refractivity contribution in [2.75, 3.05) is 5.43 Å². The molecule has 0 saturated carbocycles. The van der Waals surface area contributed by atoms with Crippen LogP contribution < -0.4 is 10.3 Å². The third kappa shape index (κ3) is 3.88. The summed E-state index contributed by atoms with van der Waals surface area (Å²) in [6, 6.07) is 19.3. The smallest absolute Gasteiger partial charge is 0.284 e. The fourth-order valence-electron chi connectivity index (χ4n) is 2.06. The zero-order valence-electron chi connectivity index (χ0n) is 12.1. The van der Waals surface area contributed by atoms with E-state index in [0.717, 1.165) is 22.6 Å². The van der Waals surface area contributed by atoms with Crippen LogP contribution in [-0.2, 0) is 6.54 Å². The van der Waals surface area contributed by atoms with Crippen LogP contribution >= 0.6 is 22.9 Å². The van der Waals surface area contributed by atoms with E-state index >= 15 is 0 Å². The number of hydrazone groups is 1. The highest BCUT2D eigenvalue weighted by atomic mass is 35.5. The summed E-state index contributed by atoms with van der Waals surface area (Å²) in [5.41, 5.74) is 4.80. The minimum Gasteiger partial charge on any atom is -0.284 e. The predicted molar refractivity (Wildman–Crippen MR) is 96.8 cm³/mol. The summed E-state index contributed by atoms with van der Waals surface area (Å²) in [4.78, 5) is 12.7. The molecule has 2 aromatic carbocycles. The van der Waals surface area contributed by atoms with Crippen LogP contribution in [0.15, 0.2) is 70.6 Å². The lowest BCUT2D eigenvalue weighted by Gasteiger charge is -2.03. The van der Waals surface area contributed by atoms with Gasteiger partial charge >= 0.3 is 4.87 Å². The van der Waals surface area contributed by atoms with Crippen LogP contribution in [0.3, 0.4) is 0 Å². The van der Waals surface area contributed by atoms with Gasteiger partial charge in [0.15, 0.2) is 0 Å². The summed E-state index contributed by atoms with van der Waals surface area (Å²) >= 11 is 7.40. The van der Waals surface area contributed by atoms with E-state index in [1.54, 1.807) is 10.8 Å². The number of halogens is 1. The van der Waals surface area contributed by atoms with Gasteiger partial charge in [-0.2, -0.15) is 5.10 Å². The van der Waals surface area contributed by atoms with Crippen molar-refractivity contribution in [3.63, 3.8) is 0 Å². The Morgan fingerprint density at radius 2 is 1.74 bits per heavy atom. The molecule has 0 spiro atoms. The van der Waals surface area contributed by atoms with Crippen molar-refractivity contribution >= 4 is 34.8 Å². The molecule has 0 aliphatic heterocycles. The highest BCUT2D eigenvalue weighted by Crippen LogP contribution is 2.18. The number of benzene rings is 2. The average Bonchev–Trinajstić information content (AvgIpc) is 2.85. The maximum Gasteiger partial charge on any atom is 0.309 e. The predicted octanol–water partition coefficient (Wildman–Crippen LogP) is 4.06. The molecule has 0 amide bonds. The first-order chi connectivity index (χ1) is 11.2. The molecule has 0 aliphatic rings. The molecular weight excluding hydrogens is 330 g/mol. The molecular formula is C17H14ClN3OS. The minimum absolute atomic E-state index is 0.0972. The third-order valence-corrected chi connectivity index (χ3v) is 4.62. The van der Waals surface area contributed by atoms with Crippen LogP contribution in [0.25, 0.3) is 0 Å². The first-order valence-electron chi connectivity index (χ1n) is 7.01. The molecule has 1 N–H and O–H groups in total. The van der Waals surface area contributed by atoms with E-state index < -0.39 is 0 Å². The van der Waals surface area contributed by atoms with Gasteiger partial charge in [0, 0.05) is 0 Å². The molecule has 3 aromatic rings. The third-order valence-electron chi connectivity index (χ3n) is 3.19. The largest absolute Gasteiger partial charge is 0.309 e. The van der Waals surface area contributed by atoms with Crippen LogP contribution in [0.1, 0.15) is 10.4 Å². The lowest BCUT2D eigenvalue weighted by Crippen LogP contribution is -2.13. The maximum absolute atomic E-state index is 12.1. The summed E-state index contributed by atoms with van der Waals surface area (Å²) < 4.78 is 1.55. The number of aromatic nitrogens is 1. The van der Waals surface area contributed by atoms with Crippen LogP contribution in [-0.4, -0.2) is 10.8 Å². The Kier molecular flexibility index (Phi) is 4.90. The molecule has 0 radical (unpaired) electrons. The van der Waals surface area contributed by atoms with Crippen LogP contribution in [0, 0.1) is 0 Å². The second-order valence-electron chi connectivity index (χ2n) is 4.83. The van der Waals surface area contributed by atoms with Crippen molar-refractivity contribution in [3.8, 4) is 0 Å². The van der Waals surface area contributed by atoms with Crippen molar-refractivity contribution in [2.24, 2.45) is 5.10 Å². The number of anilines is 1. The standard InChI is InChI=1S/C17H14ClN3OS/c18-16-15(11-19-20-14-9-5-2-6-10-14)23-17(22)21(16)12-13-7-3-1-4-8-13/h1-11,20H,12H2/b19-11-. The minimum atomic E-state index is -0.0972. The Bertz CT molecular complexity index is 857. The van der Waals surface area contributed by atoms with Crippen molar-refractivity contribution < 1.29 is 0 Å². The highest BCUT2D eigenvalue weighted by Gasteiger charge is 2.11. The lowest BCUT2D eigenvalue weighted by molar-refractivity contribution is 0.784. The first kappa shape index (κ1) is 15.5. The second-order valence-corrected chi connectivity index (χ2v) is 6.18. The Morgan fingerprint density at radius 1 is 1.09 bits per heavy atom. The number of hydrogen-bond acceptors (Lipinski definition) is 4. The highest BCUT2D eigenvalue weighted by molar-refractivity contribution is 7.11. The van der Waals surface area contributed by atoms with Crippen molar-refractivity contribution in [2.45, 2.75) is 6.54 Å². The van der Waals surface area contributed by atoms with E-state index in [1.807, 2.05) is 60.7 Å². The number of thiazole rings is 1. The topological polar surface area (TPSA) is 46.4 Å². The Morgan fingerprint density at radius 3 is 2.43 bits per heavy atom. The fraction of sp³-hybridized carbons (Fsp3) is 0.0588. The van der Waals surface area contributed by atoms with Gasteiger partial charge in [0.2, 0.25) is 0 Å². The van der Waals surface area contributed by atoms with Gasteiger partial charge in [-0.15, -0.1) is 0 Å². The number of rotatable bonds is 5. The average molecular weight is 344 g/mol. The molecule has 0 aliphatic carbocycles. The number of nitrogens with one attached hydrogen (secondary N) is 1.